The molecule has 2 rings (SSSR count). The Kier molecular flexibility index (Phi) is 5.67. The van der Waals surface area contributed by atoms with Crippen LogP contribution >= 0.6 is 0 Å². The van der Waals surface area contributed by atoms with Crippen molar-refractivity contribution < 1.29 is 9.47 Å². The number of hydrogen-bond acceptors (Lipinski definition) is 3. The Bertz CT molecular complexity index is 381. The van der Waals surface area contributed by atoms with Gasteiger partial charge in [0.15, 0.2) is 0 Å². The van der Waals surface area contributed by atoms with E-state index >= 15 is 0 Å². The molecule has 0 N–H and O–H groups in total. The number of ether oxygens (including phenoxy) is 2. The highest BCUT2D eigenvalue weighted by Gasteiger charge is 2.22. The number of hydrogen-bond donors (Lipinski definition) is 0. The number of methoxy groups -OCH3 is 1. The Morgan fingerprint density at radius 1 is 1.32 bits per heavy atom. The molecular weight excluding hydrogens is 238 g/mol. The van der Waals surface area contributed by atoms with Crippen molar-refractivity contribution in [2.45, 2.75) is 26.3 Å². The fraction of sp³-hybridized carbons (Fsp3) is 0.625. The molecule has 1 aliphatic rings. The second-order valence-electron chi connectivity index (χ2n) is 5.30. The number of rotatable bonds is 7. The first-order valence-electron chi connectivity index (χ1n) is 7.25. The summed E-state index contributed by atoms with van der Waals surface area (Å²) in [5.74, 6) is 1.73. The minimum Gasteiger partial charge on any atom is -0.493 e. The summed E-state index contributed by atoms with van der Waals surface area (Å²) in [5.41, 5.74) is 1.30. The molecule has 1 aromatic carbocycles. The molecule has 106 valence electrons. The predicted molar refractivity (Wildman–Crippen MR) is 77.5 cm³/mol. The third-order valence-electron chi connectivity index (χ3n) is 3.60. The lowest BCUT2D eigenvalue weighted by Gasteiger charge is -2.18. The zero-order valence-corrected chi connectivity index (χ0v) is 12.1. The Labute approximate surface area is 116 Å². The summed E-state index contributed by atoms with van der Waals surface area (Å²) >= 11 is 0. The second-order valence-corrected chi connectivity index (χ2v) is 5.30. The Morgan fingerprint density at radius 3 is 2.95 bits per heavy atom. The molecule has 1 saturated heterocycles. The Morgan fingerprint density at radius 2 is 2.16 bits per heavy atom. The van der Waals surface area contributed by atoms with E-state index < -0.39 is 0 Å². The molecule has 0 amide bonds. The Hall–Kier alpha value is -1.06. The lowest BCUT2D eigenvalue weighted by molar-refractivity contribution is 0.152. The maximum absolute atomic E-state index is 5.82. The van der Waals surface area contributed by atoms with Crippen molar-refractivity contribution >= 4 is 0 Å². The van der Waals surface area contributed by atoms with Crippen molar-refractivity contribution in [2.24, 2.45) is 5.92 Å². The van der Waals surface area contributed by atoms with E-state index in [1.54, 1.807) is 7.11 Å². The van der Waals surface area contributed by atoms with Gasteiger partial charge in [0.1, 0.15) is 5.75 Å². The molecular formula is C16H25NO2. The number of nitrogens with zero attached hydrogens (tertiary/aromatic N) is 1. The van der Waals surface area contributed by atoms with Gasteiger partial charge in [-0.05, 0) is 31.4 Å². The molecule has 3 nitrogen and oxygen atoms in total. The standard InChI is InChI=1S/C16H25NO2/c1-3-10-19-16-7-5-4-6-15(16)12-17-9-8-14(11-17)13-18-2/h4-7,14H,3,8-13H2,1-2H3/t14-/m0/s1. The maximum Gasteiger partial charge on any atom is 0.123 e. The monoisotopic (exact) mass is 263 g/mol. The van der Waals surface area contributed by atoms with Gasteiger partial charge < -0.3 is 9.47 Å². The molecule has 0 bridgehead atoms. The summed E-state index contributed by atoms with van der Waals surface area (Å²) < 4.78 is 11.1. The van der Waals surface area contributed by atoms with Gasteiger partial charge in [-0.1, -0.05) is 25.1 Å². The lowest BCUT2D eigenvalue weighted by atomic mass is 10.1. The summed E-state index contributed by atoms with van der Waals surface area (Å²) in [6.07, 6.45) is 2.29. The molecule has 1 atom stereocenters. The van der Waals surface area contributed by atoms with Gasteiger partial charge in [0.2, 0.25) is 0 Å². The van der Waals surface area contributed by atoms with E-state index in [1.807, 2.05) is 6.07 Å². The van der Waals surface area contributed by atoms with Crippen LogP contribution in [-0.2, 0) is 11.3 Å². The van der Waals surface area contributed by atoms with Crippen LogP contribution in [0.3, 0.4) is 0 Å². The van der Waals surface area contributed by atoms with Gasteiger partial charge in [-0.15, -0.1) is 0 Å². The largest absolute Gasteiger partial charge is 0.493 e. The zero-order chi connectivity index (χ0) is 13.5. The van der Waals surface area contributed by atoms with E-state index in [0.29, 0.717) is 5.92 Å². The third-order valence-corrected chi connectivity index (χ3v) is 3.60. The molecule has 0 aliphatic carbocycles. The highest BCUT2D eigenvalue weighted by Crippen LogP contribution is 2.24. The first-order valence-corrected chi connectivity index (χ1v) is 7.25. The quantitative estimate of drug-likeness (QED) is 0.755. The third kappa shape index (κ3) is 4.22. The minimum atomic E-state index is 0.689. The summed E-state index contributed by atoms with van der Waals surface area (Å²) in [7, 11) is 1.79. The van der Waals surface area contributed by atoms with Crippen molar-refractivity contribution in [3.05, 3.63) is 29.8 Å². The first-order chi connectivity index (χ1) is 9.33. The van der Waals surface area contributed by atoms with E-state index in [1.165, 1.54) is 12.0 Å². The van der Waals surface area contributed by atoms with E-state index in [2.05, 4.69) is 30.0 Å². The fourth-order valence-electron chi connectivity index (χ4n) is 2.66. The van der Waals surface area contributed by atoms with Gasteiger partial charge in [0.05, 0.1) is 13.2 Å². The summed E-state index contributed by atoms with van der Waals surface area (Å²) in [4.78, 5) is 2.50. The minimum absolute atomic E-state index is 0.689. The Balaban J connectivity index is 1.92. The summed E-state index contributed by atoms with van der Waals surface area (Å²) in [5, 5.41) is 0. The summed E-state index contributed by atoms with van der Waals surface area (Å²) in [6, 6.07) is 8.39. The molecule has 1 aromatic rings. The van der Waals surface area contributed by atoms with Crippen LogP contribution in [0.25, 0.3) is 0 Å². The van der Waals surface area contributed by atoms with Crippen LogP contribution < -0.4 is 4.74 Å². The smallest absolute Gasteiger partial charge is 0.123 e. The number of para-hydroxylation sites is 1. The van der Waals surface area contributed by atoms with Gasteiger partial charge >= 0.3 is 0 Å². The zero-order valence-electron chi connectivity index (χ0n) is 12.1. The maximum atomic E-state index is 5.82. The van der Waals surface area contributed by atoms with Gasteiger partial charge in [-0.2, -0.15) is 0 Å². The lowest BCUT2D eigenvalue weighted by Crippen LogP contribution is -2.21. The topological polar surface area (TPSA) is 21.7 Å². The van der Waals surface area contributed by atoms with Gasteiger partial charge in [-0.25, -0.2) is 0 Å². The average Bonchev–Trinajstić information content (AvgIpc) is 2.86. The van der Waals surface area contributed by atoms with Crippen molar-refractivity contribution in [1.82, 2.24) is 4.90 Å². The van der Waals surface area contributed by atoms with Crippen LogP contribution in [0.1, 0.15) is 25.3 Å². The fourth-order valence-corrected chi connectivity index (χ4v) is 2.66. The van der Waals surface area contributed by atoms with Crippen LogP contribution in [0.5, 0.6) is 5.75 Å². The molecule has 1 fully saturated rings. The van der Waals surface area contributed by atoms with E-state index in [-0.39, 0.29) is 0 Å². The second kappa shape index (κ2) is 7.51. The highest BCUT2D eigenvalue weighted by molar-refractivity contribution is 5.33. The van der Waals surface area contributed by atoms with Gasteiger partial charge in [-0.3, -0.25) is 4.90 Å². The van der Waals surface area contributed by atoms with E-state index in [0.717, 1.165) is 45.0 Å². The van der Waals surface area contributed by atoms with Crippen LogP contribution in [0, 0.1) is 5.92 Å². The number of benzene rings is 1. The molecule has 1 aliphatic heterocycles. The summed E-state index contributed by atoms with van der Waals surface area (Å²) in [6.45, 7) is 7.10. The van der Waals surface area contributed by atoms with Gasteiger partial charge in [0, 0.05) is 25.8 Å². The van der Waals surface area contributed by atoms with Crippen molar-refractivity contribution in [3.63, 3.8) is 0 Å². The average molecular weight is 263 g/mol. The normalized spacial score (nSPS) is 19.8. The molecule has 1 heterocycles. The van der Waals surface area contributed by atoms with Crippen LogP contribution in [0.4, 0.5) is 0 Å². The van der Waals surface area contributed by atoms with E-state index in [4.69, 9.17) is 9.47 Å². The molecule has 3 heteroatoms. The van der Waals surface area contributed by atoms with Crippen LogP contribution in [0.2, 0.25) is 0 Å². The van der Waals surface area contributed by atoms with Crippen LogP contribution in [-0.4, -0.2) is 38.3 Å². The van der Waals surface area contributed by atoms with Crippen molar-refractivity contribution in [3.8, 4) is 5.75 Å². The molecule has 0 spiro atoms. The van der Waals surface area contributed by atoms with Gasteiger partial charge in [0.25, 0.3) is 0 Å². The first kappa shape index (κ1) is 14.4. The molecule has 0 aromatic heterocycles. The van der Waals surface area contributed by atoms with Crippen LogP contribution in [0.15, 0.2) is 24.3 Å². The molecule has 0 radical (unpaired) electrons. The molecule has 0 saturated carbocycles. The molecule has 19 heavy (non-hydrogen) atoms. The number of likely N-dealkylation sites (tertiary alicyclic amines) is 1. The molecule has 0 unspecified atom stereocenters. The SMILES string of the molecule is CCCOc1ccccc1CN1CC[C@H](COC)C1. The van der Waals surface area contributed by atoms with Crippen molar-refractivity contribution in [2.75, 3.05) is 33.4 Å². The van der Waals surface area contributed by atoms with Crippen molar-refractivity contribution in [1.29, 1.82) is 0 Å². The highest BCUT2D eigenvalue weighted by atomic mass is 16.5. The van der Waals surface area contributed by atoms with E-state index in [9.17, 15) is 0 Å². The predicted octanol–water partition coefficient (Wildman–Crippen LogP) is 2.94.